The molecule has 0 saturated carbocycles. The van der Waals surface area contributed by atoms with Gasteiger partial charge in [-0.2, -0.15) is 0 Å². The average Bonchev–Trinajstić information content (AvgIpc) is 2.66. The third-order valence-corrected chi connectivity index (χ3v) is 4.65. The summed E-state index contributed by atoms with van der Waals surface area (Å²) in [6, 6.07) is 6.31. The van der Waals surface area contributed by atoms with Gasteiger partial charge in [0, 0.05) is 37.3 Å². The molecule has 0 aromatic heterocycles. The molecule has 0 spiro atoms. The standard InChI is InChI=1S/C20H24N2O4/c1-5-21(6-2)19(25)15-16(20(26)22(7-3)8-4)18(24)14-12-10-9-11-13(14)17(15)23/h9-12H,5-8H2,1-4H3. The Morgan fingerprint density at radius 3 is 1.27 bits per heavy atom. The van der Waals surface area contributed by atoms with Crippen molar-refractivity contribution in [2.75, 3.05) is 26.2 Å². The first-order chi connectivity index (χ1) is 12.4. The second-order valence-corrected chi connectivity index (χ2v) is 5.91. The molecular formula is C20H24N2O4. The van der Waals surface area contributed by atoms with Gasteiger partial charge in [-0.3, -0.25) is 19.2 Å². The number of hydrogen-bond acceptors (Lipinski definition) is 4. The summed E-state index contributed by atoms with van der Waals surface area (Å²) in [4.78, 5) is 54.9. The molecule has 26 heavy (non-hydrogen) atoms. The van der Waals surface area contributed by atoms with Crippen LogP contribution in [0, 0.1) is 0 Å². The van der Waals surface area contributed by atoms with Crippen molar-refractivity contribution in [1.82, 2.24) is 9.80 Å². The van der Waals surface area contributed by atoms with Crippen molar-refractivity contribution in [2.24, 2.45) is 0 Å². The van der Waals surface area contributed by atoms with Gasteiger partial charge < -0.3 is 9.80 Å². The number of nitrogens with zero attached hydrogens (tertiary/aromatic N) is 2. The Balaban J connectivity index is 2.72. The second kappa shape index (κ2) is 8.08. The first kappa shape index (κ1) is 19.6. The molecule has 0 saturated heterocycles. The average molecular weight is 356 g/mol. The van der Waals surface area contributed by atoms with E-state index in [1.165, 1.54) is 21.9 Å². The summed E-state index contributed by atoms with van der Waals surface area (Å²) in [7, 11) is 0. The molecule has 1 aliphatic rings. The van der Waals surface area contributed by atoms with Crippen LogP contribution >= 0.6 is 0 Å². The molecule has 0 unspecified atom stereocenters. The molecule has 1 aromatic rings. The Morgan fingerprint density at radius 1 is 0.692 bits per heavy atom. The van der Waals surface area contributed by atoms with Gasteiger partial charge >= 0.3 is 0 Å². The lowest BCUT2D eigenvalue weighted by Gasteiger charge is -2.27. The highest BCUT2D eigenvalue weighted by Gasteiger charge is 2.41. The maximum atomic E-state index is 13.0. The van der Waals surface area contributed by atoms with Gasteiger partial charge in [-0.1, -0.05) is 24.3 Å². The smallest absolute Gasteiger partial charge is 0.258 e. The minimum Gasteiger partial charge on any atom is -0.339 e. The fourth-order valence-electron chi connectivity index (χ4n) is 3.12. The van der Waals surface area contributed by atoms with Crippen molar-refractivity contribution in [2.45, 2.75) is 27.7 Å². The van der Waals surface area contributed by atoms with Gasteiger partial charge in [-0.25, -0.2) is 0 Å². The number of carbonyl (C=O) groups is 4. The number of fused-ring (bicyclic) bond motifs is 1. The fourth-order valence-corrected chi connectivity index (χ4v) is 3.12. The quantitative estimate of drug-likeness (QED) is 0.732. The van der Waals surface area contributed by atoms with Gasteiger partial charge in [0.25, 0.3) is 11.8 Å². The largest absolute Gasteiger partial charge is 0.339 e. The second-order valence-electron chi connectivity index (χ2n) is 5.91. The van der Waals surface area contributed by atoms with Gasteiger partial charge in [0.15, 0.2) is 11.6 Å². The van der Waals surface area contributed by atoms with E-state index >= 15 is 0 Å². The predicted molar refractivity (Wildman–Crippen MR) is 98.0 cm³/mol. The van der Waals surface area contributed by atoms with Crippen LogP contribution in [0.4, 0.5) is 0 Å². The molecule has 1 aromatic carbocycles. The molecule has 0 atom stereocenters. The van der Waals surface area contributed by atoms with Crippen LogP contribution < -0.4 is 0 Å². The monoisotopic (exact) mass is 356 g/mol. The summed E-state index contributed by atoms with van der Waals surface area (Å²) in [5.41, 5.74) is -0.281. The third-order valence-electron chi connectivity index (χ3n) is 4.65. The number of ketones is 2. The highest BCUT2D eigenvalue weighted by Crippen LogP contribution is 2.29. The van der Waals surface area contributed by atoms with Crippen LogP contribution in [-0.4, -0.2) is 59.4 Å². The van der Waals surface area contributed by atoms with Crippen molar-refractivity contribution < 1.29 is 19.2 Å². The number of likely N-dealkylation sites (N-methyl/N-ethyl adjacent to an activating group) is 2. The topological polar surface area (TPSA) is 74.8 Å². The molecule has 0 N–H and O–H groups in total. The summed E-state index contributed by atoms with van der Waals surface area (Å²) in [6.45, 7) is 8.69. The van der Waals surface area contributed by atoms with Crippen LogP contribution in [0.2, 0.25) is 0 Å². The van der Waals surface area contributed by atoms with E-state index in [0.29, 0.717) is 26.2 Å². The molecule has 6 heteroatoms. The Kier molecular flexibility index (Phi) is 6.08. The van der Waals surface area contributed by atoms with Crippen LogP contribution in [0.1, 0.15) is 48.4 Å². The molecule has 0 heterocycles. The summed E-state index contributed by atoms with van der Waals surface area (Å²) in [5, 5.41) is 0. The molecular weight excluding hydrogens is 332 g/mol. The number of hydrogen-bond donors (Lipinski definition) is 0. The van der Waals surface area contributed by atoms with Crippen LogP contribution in [0.5, 0.6) is 0 Å². The number of benzene rings is 1. The lowest BCUT2D eigenvalue weighted by atomic mass is 9.82. The van der Waals surface area contributed by atoms with Gasteiger partial charge in [-0.15, -0.1) is 0 Å². The molecule has 6 nitrogen and oxygen atoms in total. The first-order valence-electron chi connectivity index (χ1n) is 8.93. The van der Waals surface area contributed by atoms with Crippen LogP contribution in [0.3, 0.4) is 0 Å². The summed E-state index contributed by atoms with van der Waals surface area (Å²) >= 11 is 0. The van der Waals surface area contributed by atoms with E-state index < -0.39 is 23.4 Å². The summed E-state index contributed by atoms with van der Waals surface area (Å²) in [6.07, 6.45) is 0. The predicted octanol–water partition coefficient (Wildman–Crippen LogP) is 2.10. The molecule has 2 rings (SSSR count). The zero-order chi connectivity index (χ0) is 19.4. The molecule has 0 bridgehead atoms. The van der Waals surface area contributed by atoms with E-state index in [2.05, 4.69) is 0 Å². The Labute approximate surface area is 153 Å². The maximum absolute atomic E-state index is 13.0. The molecule has 138 valence electrons. The highest BCUT2D eigenvalue weighted by molar-refractivity contribution is 6.42. The Hall–Kier alpha value is -2.76. The summed E-state index contributed by atoms with van der Waals surface area (Å²) in [5.74, 6) is -2.27. The van der Waals surface area contributed by atoms with Crippen LogP contribution in [-0.2, 0) is 9.59 Å². The van der Waals surface area contributed by atoms with Crippen LogP contribution in [0.25, 0.3) is 0 Å². The van der Waals surface area contributed by atoms with Gasteiger partial charge in [0.1, 0.15) is 11.1 Å². The third kappa shape index (κ3) is 3.19. The van der Waals surface area contributed by atoms with Crippen molar-refractivity contribution in [3.05, 3.63) is 46.5 Å². The molecule has 0 aliphatic heterocycles. The van der Waals surface area contributed by atoms with Crippen molar-refractivity contribution >= 4 is 23.4 Å². The van der Waals surface area contributed by atoms with Gasteiger partial charge in [0.2, 0.25) is 0 Å². The number of amides is 2. The van der Waals surface area contributed by atoms with Crippen molar-refractivity contribution in [3.8, 4) is 0 Å². The van der Waals surface area contributed by atoms with E-state index in [0.717, 1.165) is 0 Å². The Morgan fingerprint density at radius 2 is 1.00 bits per heavy atom. The van der Waals surface area contributed by atoms with Crippen molar-refractivity contribution in [3.63, 3.8) is 0 Å². The fraction of sp³-hybridized carbons (Fsp3) is 0.400. The summed E-state index contributed by atoms with van der Waals surface area (Å²) < 4.78 is 0. The SMILES string of the molecule is CCN(CC)C(=O)C1=C(C(=O)N(CC)CC)C(=O)c2ccccc2C1=O. The lowest BCUT2D eigenvalue weighted by molar-refractivity contribution is -0.129. The van der Waals surface area contributed by atoms with E-state index in [1.54, 1.807) is 39.8 Å². The number of rotatable bonds is 6. The normalized spacial score (nSPS) is 13.5. The van der Waals surface area contributed by atoms with Crippen molar-refractivity contribution in [1.29, 1.82) is 0 Å². The van der Waals surface area contributed by atoms with Gasteiger partial charge in [0.05, 0.1) is 0 Å². The molecule has 2 amide bonds. The highest BCUT2D eigenvalue weighted by atomic mass is 16.2. The van der Waals surface area contributed by atoms with E-state index in [1.807, 2.05) is 0 Å². The maximum Gasteiger partial charge on any atom is 0.258 e. The van der Waals surface area contributed by atoms with Crippen LogP contribution in [0.15, 0.2) is 35.4 Å². The zero-order valence-electron chi connectivity index (χ0n) is 15.7. The molecule has 1 aliphatic carbocycles. The Bertz CT molecular complexity index is 722. The minimum atomic E-state index is -0.571. The minimum absolute atomic E-state index is 0.170. The lowest BCUT2D eigenvalue weighted by Crippen LogP contribution is -2.42. The van der Waals surface area contributed by atoms with E-state index in [4.69, 9.17) is 0 Å². The zero-order valence-corrected chi connectivity index (χ0v) is 15.7. The van der Waals surface area contributed by atoms with Gasteiger partial charge in [-0.05, 0) is 27.7 Å². The molecule has 0 radical (unpaired) electrons. The van der Waals surface area contributed by atoms with E-state index in [9.17, 15) is 19.2 Å². The molecule has 0 fully saturated rings. The number of Topliss-reactive ketones (excluding diaryl/α,β-unsaturated/α-hetero) is 2. The van der Waals surface area contributed by atoms with E-state index in [-0.39, 0.29) is 22.3 Å². The number of carbonyl (C=O) groups excluding carboxylic acids is 4. The first-order valence-corrected chi connectivity index (χ1v) is 8.93.